The van der Waals surface area contributed by atoms with Crippen LogP contribution < -0.4 is 0 Å². The molecular weight excluding hydrogens is 160 g/mol. The summed E-state index contributed by atoms with van der Waals surface area (Å²) in [5.74, 6) is 0. The Morgan fingerprint density at radius 1 is 1.62 bits per heavy atom. The normalized spacial score (nSPS) is 23.5. The first kappa shape index (κ1) is 10.5. The third kappa shape index (κ3) is 2.44. The Hall–Kier alpha value is -0.560. The summed E-state index contributed by atoms with van der Waals surface area (Å²) >= 11 is 0. The van der Waals surface area contributed by atoms with Crippen LogP contribution in [-0.4, -0.2) is 12.7 Å². The van der Waals surface area contributed by atoms with Gasteiger partial charge >= 0.3 is 0 Å². The summed E-state index contributed by atoms with van der Waals surface area (Å²) in [5, 5.41) is 0. The molecule has 0 heterocycles. The van der Waals surface area contributed by atoms with Gasteiger partial charge in [-0.15, -0.1) is 0 Å². The zero-order valence-corrected chi connectivity index (χ0v) is 9.02. The molecule has 1 aliphatic carbocycles. The van der Waals surface area contributed by atoms with Crippen molar-refractivity contribution in [2.24, 2.45) is 0 Å². The van der Waals surface area contributed by atoms with Gasteiger partial charge in [-0.2, -0.15) is 0 Å². The first-order chi connectivity index (χ1) is 6.16. The van der Waals surface area contributed by atoms with Gasteiger partial charge in [0.05, 0.1) is 6.10 Å². The van der Waals surface area contributed by atoms with E-state index in [1.54, 1.807) is 0 Å². The Kier molecular flexibility index (Phi) is 3.73. The third-order valence-electron chi connectivity index (χ3n) is 2.63. The van der Waals surface area contributed by atoms with Crippen LogP contribution in [0.1, 0.15) is 40.0 Å². The Morgan fingerprint density at radius 3 is 2.85 bits per heavy atom. The molecule has 0 bridgehead atoms. The van der Waals surface area contributed by atoms with E-state index in [0.717, 1.165) is 13.0 Å². The second-order valence-electron chi connectivity index (χ2n) is 3.81. The maximum absolute atomic E-state index is 5.71. The second kappa shape index (κ2) is 4.61. The van der Waals surface area contributed by atoms with Crippen LogP contribution in [0.4, 0.5) is 0 Å². The van der Waals surface area contributed by atoms with Gasteiger partial charge in [0.25, 0.3) is 0 Å². The van der Waals surface area contributed by atoms with Crippen molar-refractivity contribution in [2.75, 3.05) is 6.61 Å². The predicted molar refractivity (Wildman–Crippen MR) is 56.8 cm³/mol. The van der Waals surface area contributed by atoms with Crippen LogP contribution >= 0.6 is 0 Å². The lowest BCUT2D eigenvalue weighted by Crippen LogP contribution is -2.21. The van der Waals surface area contributed by atoms with Crippen LogP contribution in [0.2, 0.25) is 0 Å². The molecule has 1 atom stereocenters. The first-order valence-corrected chi connectivity index (χ1v) is 5.14. The van der Waals surface area contributed by atoms with Crippen molar-refractivity contribution in [2.45, 2.75) is 46.1 Å². The van der Waals surface area contributed by atoms with Crippen LogP contribution in [0.5, 0.6) is 0 Å². The quantitative estimate of drug-likeness (QED) is 0.646. The van der Waals surface area contributed by atoms with Gasteiger partial charge < -0.3 is 4.74 Å². The zero-order valence-electron chi connectivity index (χ0n) is 9.02. The minimum Gasteiger partial charge on any atom is -0.374 e. The van der Waals surface area contributed by atoms with E-state index < -0.39 is 0 Å². The molecule has 0 aliphatic heterocycles. The highest BCUT2D eigenvalue weighted by molar-refractivity contribution is 5.36. The number of allylic oxidation sites excluding steroid dienone is 1. The lowest BCUT2D eigenvalue weighted by atomic mass is 9.87. The monoisotopic (exact) mass is 180 g/mol. The van der Waals surface area contributed by atoms with E-state index in [0.29, 0.717) is 6.10 Å². The Morgan fingerprint density at radius 2 is 2.31 bits per heavy atom. The third-order valence-corrected chi connectivity index (χ3v) is 2.63. The van der Waals surface area contributed by atoms with Gasteiger partial charge in [0, 0.05) is 6.61 Å². The van der Waals surface area contributed by atoms with Gasteiger partial charge in [0.15, 0.2) is 0 Å². The van der Waals surface area contributed by atoms with E-state index in [1.165, 1.54) is 29.6 Å². The fraction of sp³-hybridized carbons (Fsp3) is 0.667. The molecule has 0 spiro atoms. The SMILES string of the molecule is C=C(C)C1=C(C)CCCC1OCC. The van der Waals surface area contributed by atoms with Crippen molar-refractivity contribution < 1.29 is 4.74 Å². The average molecular weight is 180 g/mol. The summed E-state index contributed by atoms with van der Waals surface area (Å²) in [6, 6.07) is 0. The molecule has 74 valence electrons. The molecule has 1 nitrogen and oxygen atoms in total. The predicted octanol–water partition coefficient (Wildman–Crippen LogP) is 3.47. The molecule has 1 unspecified atom stereocenters. The van der Waals surface area contributed by atoms with E-state index in [2.05, 4.69) is 27.4 Å². The van der Waals surface area contributed by atoms with Gasteiger partial charge in [0.1, 0.15) is 0 Å². The lowest BCUT2D eigenvalue weighted by Gasteiger charge is -2.27. The van der Waals surface area contributed by atoms with Crippen molar-refractivity contribution >= 4 is 0 Å². The van der Waals surface area contributed by atoms with E-state index in [1.807, 2.05) is 0 Å². The molecular formula is C12H20O. The number of rotatable bonds is 3. The largest absolute Gasteiger partial charge is 0.374 e. The molecule has 0 aromatic heterocycles. The van der Waals surface area contributed by atoms with Gasteiger partial charge in [-0.1, -0.05) is 17.7 Å². The summed E-state index contributed by atoms with van der Waals surface area (Å²) in [7, 11) is 0. The molecule has 1 aliphatic rings. The van der Waals surface area contributed by atoms with E-state index >= 15 is 0 Å². The van der Waals surface area contributed by atoms with E-state index in [4.69, 9.17) is 4.74 Å². The number of hydrogen-bond donors (Lipinski definition) is 0. The standard InChI is InChI=1S/C12H20O/c1-5-13-11-8-6-7-10(4)12(11)9(2)3/h11H,2,5-8H2,1,3-4H3. The summed E-state index contributed by atoms with van der Waals surface area (Å²) in [4.78, 5) is 0. The fourth-order valence-corrected chi connectivity index (χ4v) is 2.11. The van der Waals surface area contributed by atoms with Crippen molar-refractivity contribution in [1.29, 1.82) is 0 Å². The van der Waals surface area contributed by atoms with Crippen LogP contribution in [-0.2, 0) is 4.74 Å². The maximum Gasteiger partial charge on any atom is 0.0826 e. The minimum atomic E-state index is 0.316. The van der Waals surface area contributed by atoms with Crippen molar-refractivity contribution in [3.8, 4) is 0 Å². The van der Waals surface area contributed by atoms with Gasteiger partial charge in [-0.3, -0.25) is 0 Å². The Bertz CT molecular complexity index is 225. The lowest BCUT2D eigenvalue weighted by molar-refractivity contribution is 0.0775. The van der Waals surface area contributed by atoms with Crippen molar-refractivity contribution in [1.82, 2.24) is 0 Å². The molecule has 0 aromatic carbocycles. The van der Waals surface area contributed by atoms with E-state index in [-0.39, 0.29) is 0 Å². The summed E-state index contributed by atoms with van der Waals surface area (Å²) in [6.45, 7) is 11.2. The molecule has 0 N–H and O–H groups in total. The fourth-order valence-electron chi connectivity index (χ4n) is 2.11. The van der Waals surface area contributed by atoms with Crippen LogP contribution in [0, 0.1) is 0 Å². The van der Waals surface area contributed by atoms with Gasteiger partial charge in [0.2, 0.25) is 0 Å². The highest BCUT2D eigenvalue weighted by atomic mass is 16.5. The molecule has 0 amide bonds. The number of ether oxygens (including phenoxy) is 1. The summed E-state index contributed by atoms with van der Waals surface area (Å²) < 4.78 is 5.71. The topological polar surface area (TPSA) is 9.23 Å². The molecule has 0 aromatic rings. The summed E-state index contributed by atoms with van der Waals surface area (Å²) in [6.07, 6.45) is 3.95. The first-order valence-electron chi connectivity index (χ1n) is 5.14. The van der Waals surface area contributed by atoms with Crippen LogP contribution in [0.15, 0.2) is 23.3 Å². The molecule has 13 heavy (non-hydrogen) atoms. The molecule has 1 heteroatoms. The second-order valence-corrected chi connectivity index (χ2v) is 3.81. The molecule has 0 saturated carbocycles. The van der Waals surface area contributed by atoms with Crippen molar-refractivity contribution in [3.05, 3.63) is 23.3 Å². The number of hydrogen-bond acceptors (Lipinski definition) is 1. The van der Waals surface area contributed by atoms with Crippen LogP contribution in [0.25, 0.3) is 0 Å². The summed E-state index contributed by atoms with van der Waals surface area (Å²) in [5.41, 5.74) is 4.01. The zero-order chi connectivity index (χ0) is 9.84. The maximum atomic E-state index is 5.71. The highest BCUT2D eigenvalue weighted by Gasteiger charge is 2.21. The van der Waals surface area contributed by atoms with Gasteiger partial charge in [-0.05, 0) is 45.6 Å². The average Bonchev–Trinajstić information content (AvgIpc) is 2.04. The molecule has 0 radical (unpaired) electrons. The van der Waals surface area contributed by atoms with Crippen molar-refractivity contribution in [3.63, 3.8) is 0 Å². The molecule has 0 fully saturated rings. The highest BCUT2D eigenvalue weighted by Crippen LogP contribution is 2.30. The minimum absolute atomic E-state index is 0.316. The smallest absolute Gasteiger partial charge is 0.0826 e. The van der Waals surface area contributed by atoms with Crippen LogP contribution in [0.3, 0.4) is 0 Å². The Labute approximate surface area is 81.5 Å². The molecule has 1 rings (SSSR count). The van der Waals surface area contributed by atoms with E-state index in [9.17, 15) is 0 Å². The van der Waals surface area contributed by atoms with Gasteiger partial charge in [-0.25, -0.2) is 0 Å². The Balaban J connectivity index is 2.83. The molecule has 0 saturated heterocycles.